The van der Waals surface area contributed by atoms with Crippen molar-refractivity contribution >= 4 is 46.2 Å². The van der Waals surface area contributed by atoms with Gasteiger partial charge < -0.3 is 14.8 Å². The lowest BCUT2D eigenvalue weighted by molar-refractivity contribution is 0.396. The highest BCUT2D eigenvalue weighted by atomic mass is 35.5. The molecule has 0 atom stereocenters. The van der Waals surface area contributed by atoms with Gasteiger partial charge in [0.15, 0.2) is 5.11 Å². The highest BCUT2D eigenvalue weighted by molar-refractivity contribution is 7.80. The first-order valence-corrected chi connectivity index (χ1v) is 10.2. The van der Waals surface area contributed by atoms with Gasteiger partial charge in [-0.1, -0.05) is 47.5 Å². The number of rotatable bonds is 7. The Morgan fingerprint density at radius 2 is 1.93 bits per heavy atom. The minimum absolute atomic E-state index is 0.634. The Morgan fingerprint density at radius 1 is 1.14 bits per heavy atom. The van der Waals surface area contributed by atoms with Crippen molar-refractivity contribution in [3.05, 3.63) is 82.4 Å². The second-order valence-electron chi connectivity index (χ2n) is 6.51. The summed E-state index contributed by atoms with van der Waals surface area (Å²) >= 11 is 18.3. The van der Waals surface area contributed by atoms with Crippen molar-refractivity contribution in [2.24, 2.45) is 0 Å². The standard InChI is InChI=1S/C21H22Cl2N4S/c1-16-18(22)8-4-9-20(16)25-21(28)27(12-5-11-26-13-10-24-15-26)14-17-6-2-3-7-19(17)23/h2-4,6-10,13,15H,5,11-12,14H2,1H3,(H,25,28). The van der Waals surface area contributed by atoms with Gasteiger partial charge in [-0.3, -0.25) is 0 Å². The molecule has 0 bridgehead atoms. The van der Waals surface area contributed by atoms with E-state index in [4.69, 9.17) is 35.4 Å². The summed E-state index contributed by atoms with van der Waals surface area (Å²) in [6.07, 6.45) is 6.50. The van der Waals surface area contributed by atoms with Crippen molar-refractivity contribution in [1.29, 1.82) is 0 Å². The molecule has 4 nitrogen and oxygen atoms in total. The van der Waals surface area contributed by atoms with E-state index >= 15 is 0 Å². The molecule has 0 aliphatic heterocycles. The smallest absolute Gasteiger partial charge is 0.173 e. The molecule has 0 saturated carbocycles. The fourth-order valence-electron chi connectivity index (χ4n) is 2.88. The maximum absolute atomic E-state index is 6.37. The van der Waals surface area contributed by atoms with Crippen molar-refractivity contribution in [2.75, 3.05) is 11.9 Å². The number of thiocarbonyl (C=S) groups is 1. The Morgan fingerprint density at radius 3 is 2.68 bits per heavy atom. The zero-order chi connectivity index (χ0) is 19.9. The molecule has 1 heterocycles. The van der Waals surface area contributed by atoms with Gasteiger partial charge in [0.2, 0.25) is 0 Å². The quantitative estimate of drug-likeness (QED) is 0.479. The van der Waals surface area contributed by atoms with Crippen molar-refractivity contribution < 1.29 is 0 Å². The number of aryl methyl sites for hydroxylation is 1. The number of hydrogen-bond donors (Lipinski definition) is 1. The van der Waals surface area contributed by atoms with E-state index in [0.717, 1.165) is 41.3 Å². The molecule has 0 spiro atoms. The molecule has 7 heteroatoms. The molecule has 28 heavy (non-hydrogen) atoms. The molecule has 0 aliphatic carbocycles. The van der Waals surface area contributed by atoms with Gasteiger partial charge in [0.25, 0.3) is 0 Å². The van der Waals surface area contributed by atoms with Crippen LogP contribution in [0.4, 0.5) is 5.69 Å². The largest absolute Gasteiger partial charge is 0.345 e. The molecule has 0 saturated heterocycles. The Bertz CT molecular complexity index is 928. The average molecular weight is 433 g/mol. The van der Waals surface area contributed by atoms with E-state index in [2.05, 4.69) is 19.8 Å². The van der Waals surface area contributed by atoms with Crippen LogP contribution in [0.2, 0.25) is 10.0 Å². The molecular weight excluding hydrogens is 411 g/mol. The number of aromatic nitrogens is 2. The summed E-state index contributed by atoms with van der Waals surface area (Å²) in [5.41, 5.74) is 2.93. The Kier molecular flexibility index (Phi) is 7.31. The Labute approximate surface area is 181 Å². The maximum atomic E-state index is 6.37. The first-order valence-electron chi connectivity index (χ1n) is 9.05. The SMILES string of the molecule is Cc1c(Cl)cccc1NC(=S)N(CCCn1ccnc1)Cc1ccccc1Cl. The normalized spacial score (nSPS) is 10.7. The van der Waals surface area contributed by atoms with E-state index in [-0.39, 0.29) is 0 Å². The van der Waals surface area contributed by atoms with Gasteiger partial charge >= 0.3 is 0 Å². The van der Waals surface area contributed by atoms with Crippen molar-refractivity contribution in [3.8, 4) is 0 Å². The van der Waals surface area contributed by atoms with Crippen LogP contribution in [0.15, 0.2) is 61.2 Å². The number of anilines is 1. The molecular formula is C21H22Cl2N4S. The number of nitrogens with one attached hydrogen (secondary N) is 1. The van der Waals surface area contributed by atoms with E-state index in [9.17, 15) is 0 Å². The molecule has 0 fully saturated rings. The van der Waals surface area contributed by atoms with Gasteiger partial charge in [-0.05, 0) is 54.9 Å². The van der Waals surface area contributed by atoms with Gasteiger partial charge in [-0.25, -0.2) is 4.98 Å². The molecule has 0 aliphatic rings. The van der Waals surface area contributed by atoms with Crippen LogP contribution in [0.25, 0.3) is 0 Å². The zero-order valence-corrected chi connectivity index (χ0v) is 17.9. The van der Waals surface area contributed by atoms with Crippen LogP contribution in [0, 0.1) is 6.92 Å². The van der Waals surface area contributed by atoms with Crippen molar-refractivity contribution in [2.45, 2.75) is 26.4 Å². The van der Waals surface area contributed by atoms with Gasteiger partial charge in [-0.15, -0.1) is 0 Å². The Balaban J connectivity index is 1.72. The first kappa shape index (κ1) is 20.6. The summed E-state index contributed by atoms with van der Waals surface area (Å²) < 4.78 is 2.06. The van der Waals surface area contributed by atoms with Crippen LogP contribution in [-0.2, 0) is 13.1 Å². The highest BCUT2D eigenvalue weighted by Crippen LogP contribution is 2.24. The monoisotopic (exact) mass is 432 g/mol. The summed E-state index contributed by atoms with van der Waals surface area (Å²) in [4.78, 5) is 6.22. The molecule has 1 aromatic heterocycles. The minimum Gasteiger partial charge on any atom is -0.345 e. The third kappa shape index (κ3) is 5.47. The van der Waals surface area contributed by atoms with E-state index in [1.54, 1.807) is 6.20 Å². The van der Waals surface area contributed by atoms with Gasteiger partial charge in [0.05, 0.1) is 6.33 Å². The van der Waals surface area contributed by atoms with Gasteiger partial charge in [0.1, 0.15) is 0 Å². The van der Waals surface area contributed by atoms with E-state index in [1.165, 1.54) is 0 Å². The predicted octanol–water partition coefficient (Wildman–Crippen LogP) is 5.79. The predicted molar refractivity (Wildman–Crippen MR) is 121 cm³/mol. The number of nitrogens with zero attached hydrogens (tertiary/aromatic N) is 3. The molecule has 0 radical (unpaired) electrons. The van der Waals surface area contributed by atoms with Crippen molar-refractivity contribution in [3.63, 3.8) is 0 Å². The van der Waals surface area contributed by atoms with Crippen LogP contribution < -0.4 is 5.32 Å². The third-order valence-electron chi connectivity index (χ3n) is 4.52. The van der Waals surface area contributed by atoms with Gasteiger partial charge in [-0.2, -0.15) is 0 Å². The molecule has 2 aromatic carbocycles. The van der Waals surface area contributed by atoms with Crippen LogP contribution in [-0.4, -0.2) is 26.1 Å². The summed E-state index contributed by atoms with van der Waals surface area (Å²) in [6, 6.07) is 13.6. The van der Waals surface area contributed by atoms with Crippen LogP contribution in [0.3, 0.4) is 0 Å². The van der Waals surface area contributed by atoms with Crippen LogP contribution in [0.5, 0.6) is 0 Å². The maximum Gasteiger partial charge on any atom is 0.173 e. The molecule has 0 amide bonds. The number of halogens is 2. The molecule has 3 aromatic rings. The summed E-state index contributed by atoms with van der Waals surface area (Å²) in [7, 11) is 0. The second kappa shape index (κ2) is 9.92. The van der Waals surface area contributed by atoms with E-state index in [1.807, 2.05) is 61.9 Å². The number of benzene rings is 2. The lowest BCUT2D eigenvalue weighted by atomic mass is 10.2. The van der Waals surface area contributed by atoms with E-state index < -0.39 is 0 Å². The fourth-order valence-corrected chi connectivity index (χ4v) is 3.52. The third-order valence-corrected chi connectivity index (χ3v) is 5.66. The minimum atomic E-state index is 0.634. The van der Waals surface area contributed by atoms with Crippen LogP contribution >= 0.6 is 35.4 Å². The summed E-state index contributed by atoms with van der Waals surface area (Å²) in [5.74, 6) is 0. The lowest BCUT2D eigenvalue weighted by Crippen LogP contribution is -2.35. The second-order valence-corrected chi connectivity index (χ2v) is 7.71. The average Bonchev–Trinajstić information content (AvgIpc) is 3.19. The Hall–Kier alpha value is -2.08. The van der Waals surface area contributed by atoms with Crippen molar-refractivity contribution in [1.82, 2.24) is 14.5 Å². The fraction of sp³-hybridized carbons (Fsp3) is 0.238. The molecule has 0 unspecified atom stereocenters. The molecule has 3 rings (SSSR count). The highest BCUT2D eigenvalue weighted by Gasteiger charge is 2.14. The van der Waals surface area contributed by atoms with Crippen LogP contribution in [0.1, 0.15) is 17.5 Å². The number of hydrogen-bond acceptors (Lipinski definition) is 2. The molecule has 1 N–H and O–H groups in total. The topological polar surface area (TPSA) is 33.1 Å². The summed E-state index contributed by atoms with van der Waals surface area (Å²) in [5, 5.41) is 5.45. The summed E-state index contributed by atoms with van der Waals surface area (Å²) in [6.45, 7) is 4.27. The first-order chi connectivity index (χ1) is 13.5. The zero-order valence-electron chi connectivity index (χ0n) is 15.6. The molecule has 146 valence electrons. The van der Waals surface area contributed by atoms with E-state index in [0.29, 0.717) is 16.7 Å². The lowest BCUT2D eigenvalue weighted by Gasteiger charge is -2.27. The van der Waals surface area contributed by atoms with Gasteiger partial charge in [0, 0.05) is 47.8 Å². The number of imidazole rings is 1.